The van der Waals surface area contributed by atoms with Crippen molar-refractivity contribution in [1.29, 1.82) is 0 Å². The summed E-state index contributed by atoms with van der Waals surface area (Å²) in [6.45, 7) is 4.38. The molecule has 0 amide bonds. The summed E-state index contributed by atoms with van der Waals surface area (Å²) in [5.41, 5.74) is 0.650. The van der Waals surface area contributed by atoms with Gasteiger partial charge in [-0.05, 0) is 42.4 Å². The van der Waals surface area contributed by atoms with Crippen molar-refractivity contribution in [3.05, 3.63) is 35.6 Å². The van der Waals surface area contributed by atoms with E-state index in [1.54, 1.807) is 12.1 Å². The van der Waals surface area contributed by atoms with Crippen LogP contribution in [-0.4, -0.2) is 10.7 Å². The Hall–Kier alpha value is -0.890. The van der Waals surface area contributed by atoms with E-state index in [2.05, 4.69) is 13.8 Å². The molecule has 0 radical (unpaired) electrons. The molecule has 1 N–H and O–H groups in total. The number of halogens is 1. The minimum Gasteiger partial charge on any atom is -0.390 e. The van der Waals surface area contributed by atoms with Crippen LogP contribution in [0.15, 0.2) is 24.3 Å². The molecule has 0 bridgehead atoms. The molecule has 2 heteroatoms. The van der Waals surface area contributed by atoms with Crippen LogP contribution < -0.4 is 0 Å². The topological polar surface area (TPSA) is 20.2 Å². The van der Waals surface area contributed by atoms with E-state index in [0.29, 0.717) is 6.42 Å². The molecule has 88 valence electrons. The maximum atomic E-state index is 12.8. The van der Waals surface area contributed by atoms with Crippen molar-refractivity contribution in [3.63, 3.8) is 0 Å². The number of hydrogen-bond acceptors (Lipinski definition) is 1. The molecule has 0 saturated heterocycles. The van der Waals surface area contributed by atoms with Gasteiger partial charge in [-0.3, -0.25) is 0 Å². The SMILES string of the molecule is CC1(C)CCC(O)(Cc2ccc(F)cc2)C1. The smallest absolute Gasteiger partial charge is 0.123 e. The van der Waals surface area contributed by atoms with Crippen LogP contribution >= 0.6 is 0 Å². The third-order valence-electron chi connectivity index (χ3n) is 3.52. The van der Waals surface area contributed by atoms with Crippen molar-refractivity contribution in [2.75, 3.05) is 0 Å². The Balaban J connectivity index is 2.07. The maximum absolute atomic E-state index is 12.8. The third-order valence-corrected chi connectivity index (χ3v) is 3.52. The summed E-state index contributed by atoms with van der Waals surface area (Å²) in [5, 5.41) is 10.5. The van der Waals surface area contributed by atoms with Gasteiger partial charge in [0.25, 0.3) is 0 Å². The first-order chi connectivity index (χ1) is 7.39. The summed E-state index contributed by atoms with van der Waals surface area (Å²) >= 11 is 0. The highest BCUT2D eigenvalue weighted by molar-refractivity contribution is 5.19. The summed E-state index contributed by atoms with van der Waals surface area (Å²) in [5.74, 6) is -0.220. The molecular formula is C14H19FO. The highest BCUT2D eigenvalue weighted by Crippen LogP contribution is 2.44. The lowest BCUT2D eigenvalue weighted by molar-refractivity contribution is 0.0379. The molecule has 1 unspecified atom stereocenters. The molecule has 0 aliphatic heterocycles. The summed E-state index contributed by atoms with van der Waals surface area (Å²) in [6, 6.07) is 6.44. The molecule has 0 spiro atoms. The Labute approximate surface area is 96.3 Å². The molecule has 1 saturated carbocycles. The van der Waals surface area contributed by atoms with Crippen LogP contribution in [0.3, 0.4) is 0 Å². The van der Waals surface area contributed by atoms with Gasteiger partial charge in [0, 0.05) is 6.42 Å². The molecule has 1 nitrogen and oxygen atoms in total. The molecule has 1 atom stereocenters. The van der Waals surface area contributed by atoms with Crippen molar-refractivity contribution in [2.45, 2.75) is 45.1 Å². The average molecular weight is 222 g/mol. The van der Waals surface area contributed by atoms with E-state index < -0.39 is 5.60 Å². The number of aliphatic hydroxyl groups is 1. The molecule has 16 heavy (non-hydrogen) atoms. The molecule has 0 heterocycles. The summed E-state index contributed by atoms with van der Waals surface area (Å²) in [4.78, 5) is 0. The van der Waals surface area contributed by atoms with Crippen molar-refractivity contribution in [1.82, 2.24) is 0 Å². The molecular weight excluding hydrogens is 203 g/mol. The first-order valence-electron chi connectivity index (χ1n) is 5.86. The average Bonchev–Trinajstić information content (AvgIpc) is 2.45. The number of hydrogen-bond donors (Lipinski definition) is 1. The quantitative estimate of drug-likeness (QED) is 0.814. The second kappa shape index (κ2) is 3.85. The first kappa shape index (κ1) is 11.6. The van der Waals surface area contributed by atoms with E-state index in [0.717, 1.165) is 24.8 Å². The summed E-state index contributed by atoms with van der Waals surface area (Å²) in [7, 11) is 0. The standard InChI is InChI=1S/C14H19FO/c1-13(2)7-8-14(16,10-13)9-11-3-5-12(15)6-4-11/h3-6,16H,7-10H2,1-2H3. The van der Waals surface area contributed by atoms with Crippen molar-refractivity contribution >= 4 is 0 Å². The van der Waals surface area contributed by atoms with E-state index in [9.17, 15) is 9.50 Å². The fourth-order valence-corrected chi connectivity index (χ4v) is 2.77. The van der Waals surface area contributed by atoms with Crippen molar-refractivity contribution in [3.8, 4) is 0 Å². The Morgan fingerprint density at radius 3 is 2.31 bits per heavy atom. The zero-order valence-corrected chi connectivity index (χ0v) is 9.96. The molecule has 0 aromatic heterocycles. The van der Waals surface area contributed by atoms with Crippen LogP contribution in [0.5, 0.6) is 0 Å². The second-order valence-corrected chi connectivity index (χ2v) is 5.87. The number of rotatable bonds is 2. The molecule has 1 aromatic rings. The zero-order valence-electron chi connectivity index (χ0n) is 9.96. The zero-order chi connectivity index (χ0) is 11.8. The fourth-order valence-electron chi connectivity index (χ4n) is 2.77. The Kier molecular flexibility index (Phi) is 2.79. The van der Waals surface area contributed by atoms with Crippen LogP contribution in [0.4, 0.5) is 4.39 Å². The second-order valence-electron chi connectivity index (χ2n) is 5.87. The van der Waals surface area contributed by atoms with E-state index in [1.807, 2.05) is 0 Å². The largest absolute Gasteiger partial charge is 0.390 e. The number of benzene rings is 1. The van der Waals surface area contributed by atoms with Crippen molar-refractivity contribution in [2.24, 2.45) is 5.41 Å². The summed E-state index contributed by atoms with van der Waals surface area (Å²) in [6.07, 6.45) is 3.37. The fraction of sp³-hybridized carbons (Fsp3) is 0.571. The Morgan fingerprint density at radius 1 is 1.19 bits per heavy atom. The highest BCUT2D eigenvalue weighted by Gasteiger charge is 2.41. The molecule has 1 aliphatic rings. The molecule has 1 aliphatic carbocycles. The van der Waals surface area contributed by atoms with Crippen LogP contribution in [0, 0.1) is 11.2 Å². The van der Waals surface area contributed by atoms with Crippen LogP contribution in [0.25, 0.3) is 0 Å². The third kappa shape index (κ3) is 2.62. The lowest BCUT2D eigenvalue weighted by atomic mass is 9.86. The summed E-state index contributed by atoms with van der Waals surface area (Å²) < 4.78 is 12.8. The lowest BCUT2D eigenvalue weighted by Crippen LogP contribution is -2.29. The van der Waals surface area contributed by atoms with Crippen molar-refractivity contribution < 1.29 is 9.50 Å². The van der Waals surface area contributed by atoms with Crippen LogP contribution in [-0.2, 0) is 6.42 Å². The van der Waals surface area contributed by atoms with Gasteiger partial charge in [-0.25, -0.2) is 4.39 Å². The first-order valence-corrected chi connectivity index (χ1v) is 5.86. The van der Waals surface area contributed by atoms with Crippen LogP contribution in [0.2, 0.25) is 0 Å². The van der Waals surface area contributed by atoms with Gasteiger partial charge in [0.15, 0.2) is 0 Å². The van der Waals surface area contributed by atoms with Gasteiger partial charge in [-0.1, -0.05) is 26.0 Å². The Bertz CT molecular complexity index is 369. The van der Waals surface area contributed by atoms with E-state index >= 15 is 0 Å². The van der Waals surface area contributed by atoms with E-state index in [4.69, 9.17) is 0 Å². The highest BCUT2D eigenvalue weighted by atomic mass is 19.1. The molecule has 1 fully saturated rings. The molecule has 2 rings (SSSR count). The minimum atomic E-state index is -0.596. The minimum absolute atomic E-state index is 0.220. The van der Waals surface area contributed by atoms with Gasteiger partial charge < -0.3 is 5.11 Å². The lowest BCUT2D eigenvalue weighted by Gasteiger charge is -2.25. The predicted molar refractivity (Wildman–Crippen MR) is 62.7 cm³/mol. The van der Waals surface area contributed by atoms with Gasteiger partial charge in [0.1, 0.15) is 5.82 Å². The van der Waals surface area contributed by atoms with Gasteiger partial charge in [-0.15, -0.1) is 0 Å². The van der Waals surface area contributed by atoms with Gasteiger partial charge in [-0.2, -0.15) is 0 Å². The van der Waals surface area contributed by atoms with Gasteiger partial charge >= 0.3 is 0 Å². The van der Waals surface area contributed by atoms with Gasteiger partial charge in [0.2, 0.25) is 0 Å². The van der Waals surface area contributed by atoms with Crippen LogP contribution in [0.1, 0.15) is 38.7 Å². The predicted octanol–water partition coefficient (Wildman–Crippen LogP) is 3.31. The van der Waals surface area contributed by atoms with Gasteiger partial charge in [0.05, 0.1) is 5.60 Å². The monoisotopic (exact) mass is 222 g/mol. The van der Waals surface area contributed by atoms with E-state index in [-0.39, 0.29) is 11.2 Å². The Morgan fingerprint density at radius 2 is 1.81 bits per heavy atom. The molecule has 1 aromatic carbocycles. The maximum Gasteiger partial charge on any atom is 0.123 e. The normalized spacial score (nSPS) is 28.2. The van der Waals surface area contributed by atoms with E-state index in [1.165, 1.54) is 12.1 Å².